The van der Waals surface area contributed by atoms with Crippen molar-refractivity contribution in [1.82, 2.24) is 10.3 Å². The standard InChI is InChI=1S/C15H16ClFN2O/c1-2-3-4-7-18-15(20)12-8-10-5-6-11(17)9-13(10)19-14(12)16/h5-6,8-9H,2-4,7H2,1H3,(H,18,20). The molecule has 0 saturated heterocycles. The zero-order valence-electron chi connectivity index (χ0n) is 11.2. The second kappa shape index (κ2) is 6.66. The molecule has 0 aliphatic heterocycles. The normalized spacial score (nSPS) is 10.8. The van der Waals surface area contributed by atoms with Gasteiger partial charge in [-0.15, -0.1) is 0 Å². The van der Waals surface area contributed by atoms with Crippen LogP contribution in [0.2, 0.25) is 5.15 Å². The number of benzene rings is 1. The lowest BCUT2D eigenvalue weighted by molar-refractivity contribution is 0.0953. The third-order valence-electron chi connectivity index (χ3n) is 3.04. The molecule has 20 heavy (non-hydrogen) atoms. The minimum atomic E-state index is -0.377. The number of hydrogen-bond donors (Lipinski definition) is 1. The van der Waals surface area contributed by atoms with Crippen LogP contribution in [0.1, 0.15) is 36.5 Å². The number of unbranched alkanes of at least 4 members (excludes halogenated alkanes) is 2. The van der Waals surface area contributed by atoms with Gasteiger partial charge in [0.1, 0.15) is 11.0 Å². The van der Waals surface area contributed by atoms with Crippen molar-refractivity contribution in [3.8, 4) is 0 Å². The number of carbonyl (C=O) groups is 1. The molecule has 0 unspecified atom stereocenters. The fourth-order valence-electron chi connectivity index (χ4n) is 1.95. The third-order valence-corrected chi connectivity index (χ3v) is 3.33. The molecule has 0 atom stereocenters. The maximum absolute atomic E-state index is 13.1. The van der Waals surface area contributed by atoms with Crippen LogP contribution in [0.15, 0.2) is 24.3 Å². The first kappa shape index (κ1) is 14.7. The average molecular weight is 295 g/mol. The Morgan fingerprint density at radius 2 is 2.15 bits per heavy atom. The molecule has 2 rings (SSSR count). The molecular formula is C15H16ClFN2O. The molecule has 1 aromatic carbocycles. The number of aromatic nitrogens is 1. The summed E-state index contributed by atoms with van der Waals surface area (Å²) in [6.45, 7) is 2.72. The van der Waals surface area contributed by atoms with Gasteiger partial charge in [0.25, 0.3) is 5.91 Å². The van der Waals surface area contributed by atoms with E-state index in [0.29, 0.717) is 23.0 Å². The van der Waals surface area contributed by atoms with E-state index in [1.165, 1.54) is 12.1 Å². The molecule has 3 nitrogen and oxygen atoms in total. The van der Waals surface area contributed by atoms with E-state index in [1.54, 1.807) is 12.1 Å². The lowest BCUT2D eigenvalue weighted by Crippen LogP contribution is -2.25. The zero-order chi connectivity index (χ0) is 14.5. The summed E-state index contributed by atoms with van der Waals surface area (Å²) in [4.78, 5) is 16.1. The summed E-state index contributed by atoms with van der Waals surface area (Å²) in [5, 5.41) is 3.60. The number of nitrogens with one attached hydrogen (secondary N) is 1. The van der Waals surface area contributed by atoms with Gasteiger partial charge in [0, 0.05) is 18.0 Å². The number of amides is 1. The Bertz CT molecular complexity index is 631. The topological polar surface area (TPSA) is 42.0 Å². The fraction of sp³-hybridized carbons (Fsp3) is 0.333. The molecule has 1 N–H and O–H groups in total. The molecule has 1 aromatic heterocycles. The molecule has 0 bridgehead atoms. The van der Waals surface area contributed by atoms with Crippen LogP contribution in [0, 0.1) is 5.82 Å². The molecule has 0 aliphatic rings. The first-order valence-corrected chi connectivity index (χ1v) is 7.03. The Hall–Kier alpha value is -1.68. The van der Waals surface area contributed by atoms with Crippen LogP contribution in [0.4, 0.5) is 4.39 Å². The van der Waals surface area contributed by atoms with E-state index in [1.807, 2.05) is 0 Å². The highest BCUT2D eigenvalue weighted by Gasteiger charge is 2.12. The molecule has 1 heterocycles. The van der Waals surface area contributed by atoms with Gasteiger partial charge in [0.2, 0.25) is 0 Å². The van der Waals surface area contributed by atoms with E-state index in [9.17, 15) is 9.18 Å². The molecular weight excluding hydrogens is 279 g/mol. The van der Waals surface area contributed by atoms with Gasteiger partial charge < -0.3 is 5.32 Å². The summed E-state index contributed by atoms with van der Waals surface area (Å²) in [6.07, 6.45) is 3.11. The lowest BCUT2D eigenvalue weighted by atomic mass is 10.1. The summed E-state index contributed by atoms with van der Waals surface area (Å²) >= 11 is 6.00. The van der Waals surface area contributed by atoms with Crippen LogP contribution in [0.25, 0.3) is 10.9 Å². The molecule has 0 saturated carbocycles. The smallest absolute Gasteiger partial charge is 0.254 e. The van der Waals surface area contributed by atoms with Crippen LogP contribution in [0.5, 0.6) is 0 Å². The average Bonchev–Trinajstić information content (AvgIpc) is 2.42. The minimum absolute atomic E-state index is 0.0936. The Kier molecular flexibility index (Phi) is 4.90. The maximum atomic E-state index is 13.1. The van der Waals surface area contributed by atoms with Crippen LogP contribution < -0.4 is 5.32 Å². The van der Waals surface area contributed by atoms with Crippen molar-refractivity contribution < 1.29 is 9.18 Å². The van der Waals surface area contributed by atoms with E-state index in [4.69, 9.17) is 11.6 Å². The van der Waals surface area contributed by atoms with E-state index >= 15 is 0 Å². The summed E-state index contributed by atoms with van der Waals surface area (Å²) < 4.78 is 13.1. The van der Waals surface area contributed by atoms with E-state index < -0.39 is 0 Å². The van der Waals surface area contributed by atoms with Gasteiger partial charge in [0.15, 0.2) is 0 Å². The van der Waals surface area contributed by atoms with Crippen LogP contribution in [0.3, 0.4) is 0 Å². The van der Waals surface area contributed by atoms with E-state index in [0.717, 1.165) is 19.3 Å². The Morgan fingerprint density at radius 3 is 2.90 bits per heavy atom. The predicted molar refractivity (Wildman–Crippen MR) is 78.6 cm³/mol. The molecule has 106 valence electrons. The van der Waals surface area contributed by atoms with Gasteiger partial charge in [0.05, 0.1) is 11.1 Å². The first-order valence-electron chi connectivity index (χ1n) is 6.66. The summed E-state index contributed by atoms with van der Waals surface area (Å²) in [7, 11) is 0. The largest absolute Gasteiger partial charge is 0.352 e. The Balaban J connectivity index is 2.19. The molecule has 0 aliphatic carbocycles. The molecule has 1 amide bonds. The highest BCUT2D eigenvalue weighted by atomic mass is 35.5. The molecule has 0 radical (unpaired) electrons. The molecule has 5 heteroatoms. The molecule has 2 aromatic rings. The zero-order valence-corrected chi connectivity index (χ0v) is 12.0. The monoisotopic (exact) mass is 294 g/mol. The molecule has 0 fully saturated rings. The summed E-state index contributed by atoms with van der Waals surface area (Å²) in [6, 6.07) is 5.85. The second-order valence-electron chi connectivity index (χ2n) is 4.63. The van der Waals surface area contributed by atoms with Gasteiger partial charge in [-0.05, 0) is 24.6 Å². The first-order chi connectivity index (χ1) is 9.61. The SMILES string of the molecule is CCCCCNC(=O)c1cc2ccc(F)cc2nc1Cl. The number of halogens is 2. The highest BCUT2D eigenvalue weighted by molar-refractivity contribution is 6.33. The molecule has 0 spiro atoms. The summed E-state index contributed by atoms with van der Waals surface area (Å²) in [5.41, 5.74) is 0.764. The van der Waals surface area contributed by atoms with Crippen molar-refractivity contribution in [3.63, 3.8) is 0 Å². The fourth-order valence-corrected chi connectivity index (χ4v) is 2.18. The predicted octanol–water partition coefficient (Wildman–Crippen LogP) is 3.95. The highest BCUT2D eigenvalue weighted by Crippen LogP contribution is 2.21. The number of pyridine rings is 1. The van der Waals surface area contributed by atoms with Crippen LogP contribution in [-0.4, -0.2) is 17.4 Å². The van der Waals surface area contributed by atoms with Gasteiger partial charge in [-0.3, -0.25) is 4.79 Å². The number of carbonyl (C=O) groups excluding carboxylic acids is 1. The number of nitrogens with zero attached hydrogens (tertiary/aromatic N) is 1. The minimum Gasteiger partial charge on any atom is -0.352 e. The van der Waals surface area contributed by atoms with Gasteiger partial charge in [-0.2, -0.15) is 0 Å². The summed E-state index contributed by atoms with van der Waals surface area (Å²) in [5.74, 6) is -0.623. The van der Waals surface area contributed by atoms with Crippen molar-refractivity contribution in [2.75, 3.05) is 6.54 Å². The Labute approximate surface area is 122 Å². The second-order valence-corrected chi connectivity index (χ2v) is 4.98. The van der Waals surface area contributed by atoms with Crippen LogP contribution >= 0.6 is 11.6 Å². The van der Waals surface area contributed by atoms with Crippen molar-refractivity contribution in [3.05, 3.63) is 40.8 Å². The van der Waals surface area contributed by atoms with Crippen molar-refractivity contribution >= 4 is 28.4 Å². The lowest BCUT2D eigenvalue weighted by Gasteiger charge is -2.07. The van der Waals surface area contributed by atoms with Crippen molar-refractivity contribution in [2.45, 2.75) is 26.2 Å². The van der Waals surface area contributed by atoms with Crippen molar-refractivity contribution in [1.29, 1.82) is 0 Å². The van der Waals surface area contributed by atoms with Gasteiger partial charge >= 0.3 is 0 Å². The number of fused-ring (bicyclic) bond motifs is 1. The van der Waals surface area contributed by atoms with Crippen molar-refractivity contribution in [2.24, 2.45) is 0 Å². The number of hydrogen-bond acceptors (Lipinski definition) is 2. The Morgan fingerprint density at radius 1 is 1.35 bits per heavy atom. The van der Waals surface area contributed by atoms with Gasteiger partial charge in [-0.25, -0.2) is 9.37 Å². The van der Waals surface area contributed by atoms with E-state index in [-0.39, 0.29) is 16.9 Å². The van der Waals surface area contributed by atoms with E-state index in [2.05, 4.69) is 17.2 Å². The quantitative estimate of drug-likeness (QED) is 0.670. The number of rotatable bonds is 5. The van der Waals surface area contributed by atoms with Crippen LogP contribution in [-0.2, 0) is 0 Å². The third kappa shape index (κ3) is 3.45. The maximum Gasteiger partial charge on any atom is 0.254 e. The van der Waals surface area contributed by atoms with Gasteiger partial charge in [-0.1, -0.05) is 31.4 Å².